The van der Waals surface area contributed by atoms with E-state index in [9.17, 15) is 19.5 Å². The summed E-state index contributed by atoms with van der Waals surface area (Å²) in [6, 6.07) is 0. The summed E-state index contributed by atoms with van der Waals surface area (Å²) in [4.78, 5) is 36.1. The fourth-order valence-electron chi connectivity index (χ4n) is 9.57. The Balaban J connectivity index is 1.64. The third-order valence-electron chi connectivity index (χ3n) is 11.2. The van der Waals surface area contributed by atoms with Crippen LogP contribution in [0.3, 0.4) is 0 Å². The minimum absolute atomic E-state index is 0.0535. The van der Waals surface area contributed by atoms with Gasteiger partial charge in [0.15, 0.2) is 0 Å². The molecular formula is C30H47BrO7. The highest BCUT2D eigenvalue weighted by Gasteiger charge is 2.68. The van der Waals surface area contributed by atoms with Gasteiger partial charge in [0.25, 0.3) is 0 Å². The van der Waals surface area contributed by atoms with E-state index in [1.165, 1.54) is 13.8 Å². The number of alkyl halides is 1. The fraction of sp³-hybridized carbons (Fsp3) is 0.900. The molecule has 0 aliphatic heterocycles. The molecule has 4 unspecified atom stereocenters. The Morgan fingerprint density at radius 3 is 2.32 bits per heavy atom. The van der Waals surface area contributed by atoms with E-state index in [1.54, 1.807) is 0 Å². The van der Waals surface area contributed by atoms with E-state index >= 15 is 0 Å². The Hall–Kier alpha value is -1.15. The standard InChI is InChI=1S/C30H47BrO7/c1-7-36-25(34)11-8-16(2)20-9-10-21-26-22(15-24(30(20,21)6)38-18(4)33)29(5)13-12-19(37-17(3)32)14-23(29)27(31)28(26)35/h16,19-24,26-28,35H,7-15H2,1-6H3/t16-,19+,20+,21?,22?,23-,24-,26?,27+,28?,29+,30+/m0/s1. The van der Waals surface area contributed by atoms with E-state index in [0.29, 0.717) is 18.9 Å². The molecule has 38 heavy (non-hydrogen) atoms. The van der Waals surface area contributed by atoms with Gasteiger partial charge in [0.2, 0.25) is 0 Å². The molecule has 0 amide bonds. The number of carbonyl (C=O) groups is 3. The molecule has 4 fully saturated rings. The van der Waals surface area contributed by atoms with Crippen LogP contribution in [0.25, 0.3) is 0 Å². The van der Waals surface area contributed by atoms with Crippen molar-refractivity contribution in [3.63, 3.8) is 0 Å². The second kappa shape index (κ2) is 11.4. The van der Waals surface area contributed by atoms with Gasteiger partial charge in [-0.25, -0.2) is 0 Å². The smallest absolute Gasteiger partial charge is 0.305 e. The van der Waals surface area contributed by atoms with Crippen LogP contribution < -0.4 is 0 Å². The van der Waals surface area contributed by atoms with Crippen LogP contribution in [-0.4, -0.2) is 52.8 Å². The quantitative estimate of drug-likeness (QED) is 0.236. The number of esters is 3. The highest BCUT2D eigenvalue weighted by molar-refractivity contribution is 9.09. The number of ether oxygens (including phenoxy) is 3. The largest absolute Gasteiger partial charge is 0.466 e. The molecule has 7 nitrogen and oxygen atoms in total. The van der Waals surface area contributed by atoms with Gasteiger partial charge < -0.3 is 19.3 Å². The molecule has 216 valence electrons. The average Bonchev–Trinajstić information content (AvgIpc) is 3.20. The van der Waals surface area contributed by atoms with Crippen LogP contribution in [0.4, 0.5) is 0 Å². The van der Waals surface area contributed by atoms with Crippen molar-refractivity contribution >= 4 is 33.8 Å². The first-order valence-corrected chi connectivity index (χ1v) is 15.6. The highest BCUT2D eigenvalue weighted by Crippen LogP contribution is 2.69. The topological polar surface area (TPSA) is 99.1 Å². The van der Waals surface area contributed by atoms with Crippen molar-refractivity contribution in [2.75, 3.05) is 6.61 Å². The first kappa shape index (κ1) is 29.8. The number of aliphatic hydroxyl groups is 1. The van der Waals surface area contributed by atoms with Crippen LogP contribution in [0.2, 0.25) is 0 Å². The van der Waals surface area contributed by atoms with E-state index in [1.807, 2.05) is 6.92 Å². The van der Waals surface area contributed by atoms with Crippen molar-refractivity contribution in [1.82, 2.24) is 0 Å². The lowest BCUT2D eigenvalue weighted by molar-refractivity contribution is -0.215. The maximum atomic E-state index is 12.4. The van der Waals surface area contributed by atoms with Crippen LogP contribution >= 0.6 is 15.9 Å². The summed E-state index contributed by atoms with van der Waals surface area (Å²) in [6.45, 7) is 12.0. The van der Waals surface area contributed by atoms with Gasteiger partial charge in [0.05, 0.1) is 12.7 Å². The van der Waals surface area contributed by atoms with E-state index < -0.39 is 6.10 Å². The Bertz CT molecular complexity index is 909. The Morgan fingerprint density at radius 1 is 1.00 bits per heavy atom. The molecule has 0 aromatic carbocycles. The summed E-state index contributed by atoms with van der Waals surface area (Å²) in [5.41, 5.74) is -0.325. The zero-order chi connectivity index (χ0) is 28.0. The molecular weight excluding hydrogens is 552 g/mol. The predicted octanol–water partition coefficient (Wildman–Crippen LogP) is 5.44. The predicted molar refractivity (Wildman–Crippen MR) is 146 cm³/mol. The maximum absolute atomic E-state index is 12.4. The molecule has 8 heteroatoms. The number of aliphatic hydroxyl groups excluding tert-OH is 1. The van der Waals surface area contributed by atoms with Gasteiger partial charge in [-0.2, -0.15) is 0 Å². The molecule has 0 saturated heterocycles. The zero-order valence-electron chi connectivity index (χ0n) is 23.9. The molecule has 12 atom stereocenters. The molecule has 0 bridgehead atoms. The molecule has 0 radical (unpaired) electrons. The van der Waals surface area contributed by atoms with Crippen molar-refractivity contribution in [2.45, 2.75) is 116 Å². The van der Waals surface area contributed by atoms with Crippen molar-refractivity contribution in [3.8, 4) is 0 Å². The minimum atomic E-state index is -0.523. The van der Waals surface area contributed by atoms with Gasteiger partial charge in [-0.05, 0) is 92.8 Å². The van der Waals surface area contributed by atoms with E-state index in [0.717, 1.165) is 44.9 Å². The lowest BCUT2D eigenvalue weighted by Gasteiger charge is -2.65. The van der Waals surface area contributed by atoms with Crippen molar-refractivity contribution in [3.05, 3.63) is 0 Å². The van der Waals surface area contributed by atoms with Crippen LogP contribution in [-0.2, 0) is 28.6 Å². The van der Waals surface area contributed by atoms with Crippen LogP contribution in [0.5, 0.6) is 0 Å². The lowest BCUT2D eigenvalue weighted by atomic mass is 9.43. The Kier molecular flexibility index (Phi) is 8.93. The summed E-state index contributed by atoms with van der Waals surface area (Å²) in [6.07, 6.45) is 5.46. The van der Waals surface area contributed by atoms with Crippen LogP contribution in [0.15, 0.2) is 0 Å². The number of fused-ring (bicyclic) bond motifs is 5. The summed E-state index contributed by atoms with van der Waals surface area (Å²) in [5, 5.41) is 11.9. The SMILES string of the molecule is CCOC(=O)CC[C@H](C)[C@H]1CCC2C3C(O)[C@H](Br)[C@@H]4C[C@H](OC(C)=O)CC[C@]4(C)C3C[C@H](OC(C)=O)[C@@]21C. The van der Waals surface area contributed by atoms with Crippen molar-refractivity contribution in [1.29, 1.82) is 0 Å². The average molecular weight is 600 g/mol. The summed E-state index contributed by atoms with van der Waals surface area (Å²) >= 11 is 3.93. The molecule has 0 aromatic heterocycles. The van der Waals surface area contributed by atoms with E-state index in [4.69, 9.17) is 14.2 Å². The molecule has 4 aliphatic carbocycles. The van der Waals surface area contributed by atoms with Gasteiger partial charge in [0, 0.05) is 30.5 Å². The van der Waals surface area contributed by atoms with Crippen molar-refractivity contribution < 1.29 is 33.7 Å². The summed E-state index contributed by atoms with van der Waals surface area (Å²) in [5.74, 6) is 0.595. The Morgan fingerprint density at radius 2 is 1.68 bits per heavy atom. The minimum Gasteiger partial charge on any atom is -0.466 e. The van der Waals surface area contributed by atoms with Gasteiger partial charge in [0.1, 0.15) is 12.2 Å². The molecule has 4 aliphatic rings. The van der Waals surface area contributed by atoms with Gasteiger partial charge in [-0.1, -0.05) is 36.7 Å². The monoisotopic (exact) mass is 598 g/mol. The second-order valence-corrected chi connectivity index (χ2v) is 14.1. The second-order valence-electron chi connectivity index (χ2n) is 13.0. The molecule has 4 saturated carbocycles. The third kappa shape index (κ3) is 5.17. The zero-order valence-corrected chi connectivity index (χ0v) is 25.5. The first-order valence-electron chi connectivity index (χ1n) is 14.7. The van der Waals surface area contributed by atoms with Gasteiger partial charge in [-0.15, -0.1) is 0 Å². The van der Waals surface area contributed by atoms with E-state index in [2.05, 4.69) is 36.7 Å². The van der Waals surface area contributed by atoms with Crippen LogP contribution in [0, 0.1) is 46.3 Å². The third-order valence-corrected chi connectivity index (χ3v) is 12.4. The molecule has 1 N–H and O–H groups in total. The maximum Gasteiger partial charge on any atom is 0.305 e. The first-order chi connectivity index (χ1) is 17.8. The highest BCUT2D eigenvalue weighted by atomic mass is 79.9. The number of hydrogen-bond acceptors (Lipinski definition) is 7. The van der Waals surface area contributed by atoms with Crippen LogP contribution in [0.1, 0.15) is 92.9 Å². The number of hydrogen-bond donors (Lipinski definition) is 1. The number of carbonyl (C=O) groups excluding carboxylic acids is 3. The Labute approximate surface area is 236 Å². The number of halogens is 1. The fourth-order valence-corrected chi connectivity index (χ4v) is 10.7. The summed E-state index contributed by atoms with van der Waals surface area (Å²) in [7, 11) is 0. The molecule has 0 heterocycles. The normalized spacial score (nSPS) is 44.7. The lowest BCUT2D eigenvalue weighted by Crippen LogP contribution is -2.66. The molecule has 4 rings (SSSR count). The van der Waals surface area contributed by atoms with Gasteiger partial charge in [-0.3, -0.25) is 14.4 Å². The van der Waals surface area contributed by atoms with Gasteiger partial charge >= 0.3 is 17.9 Å². The van der Waals surface area contributed by atoms with Crippen molar-refractivity contribution in [2.24, 2.45) is 46.3 Å². The molecule has 0 aromatic rings. The summed E-state index contributed by atoms with van der Waals surface area (Å²) < 4.78 is 17.0. The number of rotatable bonds is 7. The van der Waals surface area contributed by atoms with E-state index in [-0.39, 0.29) is 75.4 Å². The molecule has 0 spiro atoms.